The summed E-state index contributed by atoms with van der Waals surface area (Å²) in [5.41, 5.74) is 2.24. The van der Waals surface area contributed by atoms with Gasteiger partial charge < -0.3 is 15.4 Å². The maximum absolute atomic E-state index is 12.7. The minimum Gasteiger partial charge on any atom is -0.462 e. The Balaban J connectivity index is 1.60. The molecule has 0 aliphatic heterocycles. The molecule has 3 rings (SSSR count). The molecule has 0 radical (unpaired) electrons. The lowest BCUT2D eigenvalue weighted by molar-refractivity contribution is 0.0526. The molecule has 0 saturated heterocycles. The van der Waals surface area contributed by atoms with Gasteiger partial charge in [-0.2, -0.15) is 0 Å². The van der Waals surface area contributed by atoms with Crippen molar-refractivity contribution in [2.45, 2.75) is 24.8 Å². The number of anilines is 2. The molecule has 3 aromatic rings. The maximum Gasteiger partial charge on any atom is 0.338 e. The van der Waals surface area contributed by atoms with Gasteiger partial charge in [0, 0.05) is 17.4 Å². The highest BCUT2D eigenvalue weighted by Gasteiger charge is 2.19. The first kappa shape index (κ1) is 24.0. The van der Waals surface area contributed by atoms with Crippen LogP contribution in [0.15, 0.2) is 83.8 Å². The molecule has 3 aromatic carbocycles. The summed E-state index contributed by atoms with van der Waals surface area (Å²) >= 11 is 0. The van der Waals surface area contributed by atoms with Crippen LogP contribution in [0.25, 0.3) is 0 Å². The van der Waals surface area contributed by atoms with Crippen LogP contribution in [0.2, 0.25) is 0 Å². The molecule has 8 nitrogen and oxygen atoms in total. The molecular formula is C24H25N3O5S. The van der Waals surface area contributed by atoms with E-state index in [9.17, 15) is 18.0 Å². The average molecular weight is 468 g/mol. The van der Waals surface area contributed by atoms with E-state index in [1.54, 1.807) is 50.2 Å². The topological polar surface area (TPSA) is 114 Å². The van der Waals surface area contributed by atoms with Crippen molar-refractivity contribution in [3.8, 4) is 0 Å². The third-order valence-corrected chi connectivity index (χ3v) is 6.26. The van der Waals surface area contributed by atoms with Gasteiger partial charge in [0.25, 0.3) is 0 Å². The van der Waals surface area contributed by atoms with Crippen LogP contribution >= 0.6 is 0 Å². The van der Waals surface area contributed by atoms with Gasteiger partial charge in [-0.05, 0) is 67.9 Å². The molecule has 33 heavy (non-hydrogen) atoms. The second-order valence-corrected chi connectivity index (χ2v) is 8.87. The Morgan fingerprint density at radius 3 is 2.00 bits per heavy atom. The van der Waals surface area contributed by atoms with Crippen molar-refractivity contribution >= 4 is 33.4 Å². The number of rotatable bonds is 8. The number of esters is 1. The Labute approximate surface area is 193 Å². The molecule has 0 spiro atoms. The molecule has 0 unspecified atom stereocenters. The lowest BCUT2D eigenvalue weighted by Gasteiger charge is -2.16. The number of hydrogen-bond acceptors (Lipinski definition) is 5. The van der Waals surface area contributed by atoms with Crippen molar-refractivity contribution in [1.29, 1.82) is 0 Å². The monoisotopic (exact) mass is 467 g/mol. The fourth-order valence-electron chi connectivity index (χ4n) is 3.02. The van der Waals surface area contributed by atoms with Crippen LogP contribution in [0.4, 0.5) is 16.2 Å². The molecule has 0 fully saturated rings. The van der Waals surface area contributed by atoms with Gasteiger partial charge in [-0.25, -0.2) is 22.7 Å². The maximum atomic E-state index is 12.7. The Morgan fingerprint density at radius 1 is 0.848 bits per heavy atom. The first-order valence-corrected chi connectivity index (χ1v) is 11.8. The molecule has 0 bridgehead atoms. The summed E-state index contributed by atoms with van der Waals surface area (Å²) < 4.78 is 32.9. The van der Waals surface area contributed by atoms with Crippen LogP contribution in [-0.4, -0.2) is 27.0 Å². The number of carbonyl (C=O) groups excluding carboxylic acids is 2. The Kier molecular flexibility index (Phi) is 7.81. The molecular weight excluding hydrogens is 442 g/mol. The molecule has 0 heterocycles. The minimum atomic E-state index is -3.81. The number of urea groups is 1. The second-order valence-electron chi connectivity index (χ2n) is 7.15. The smallest absolute Gasteiger partial charge is 0.338 e. The molecule has 0 aliphatic carbocycles. The van der Waals surface area contributed by atoms with Crippen LogP contribution in [0, 0.1) is 0 Å². The SMILES string of the molecule is CCOC(=O)c1ccc(S(=O)(=O)N[C@@H](C)c2ccc(NC(=O)Nc3ccccc3)cc2)cc1. The van der Waals surface area contributed by atoms with Crippen molar-refractivity contribution in [3.63, 3.8) is 0 Å². The van der Waals surface area contributed by atoms with E-state index >= 15 is 0 Å². The first-order chi connectivity index (χ1) is 15.8. The first-order valence-electron chi connectivity index (χ1n) is 10.3. The van der Waals surface area contributed by atoms with Crippen molar-refractivity contribution in [1.82, 2.24) is 4.72 Å². The molecule has 0 saturated carbocycles. The van der Waals surface area contributed by atoms with Gasteiger partial charge in [-0.3, -0.25) is 0 Å². The van der Waals surface area contributed by atoms with Gasteiger partial charge in [0.05, 0.1) is 17.1 Å². The average Bonchev–Trinajstić information content (AvgIpc) is 2.80. The fraction of sp³-hybridized carbons (Fsp3) is 0.167. The van der Waals surface area contributed by atoms with E-state index in [0.29, 0.717) is 11.4 Å². The number of benzene rings is 3. The van der Waals surface area contributed by atoms with Gasteiger partial charge in [0.1, 0.15) is 0 Å². The summed E-state index contributed by atoms with van der Waals surface area (Å²) in [5, 5.41) is 5.45. The lowest BCUT2D eigenvalue weighted by atomic mass is 10.1. The zero-order chi connectivity index (χ0) is 23.8. The highest BCUT2D eigenvalue weighted by Crippen LogP contribution is 2.20. The van der Waals surface area contributed by atoms with E-state index in [1.807, 2.05) is 18.2 Å². The van der Waals surface area contributed by atoms with Gasteiger partial charge in [-0.15, -0.1) is 0 Å². The van der Waals surface area contributed by atoms with Crippen molar-refractivity contribution < 1.29 is 22.7 Å². The number of nitrogens with one attached hydrogen (secondary N) is 3. The number of para-hydroxylation sites is 1. The lowest BCUT2D eigenvalue weighted by Crippen LogP contribution is -2.27. The number of ether oxygens (including phenoxy) is 1. The predicted molar refractivity (Wildman–Crippen MR) is 127 cm³/mol. The van der Waals surface area contributed by atoms with Crippen LogP contribution in [-0.2, 0) is 14.8 Å². The molecule has 0 aromatic heterocycles. The molecule has 9 heteroatoms. The van der Waals surface area contributed by atoms with Crippen LogP contribution in [0.3, 0.4) is 0 Å². The Hall–Kier alpha value is -3.69. The zero-order valence-corrected chi connectivity index (χ0v) is 19.1. The summed E-state index contributed by atoms with van der Waals surface area (Å²) in [6.07, 6.45) is 0. The van der Waals surface area contributed by atoms with E-state index in [0.717, 1.165) is 5.56 Å². The van der Waals surface area contributed by atoms with E-state index in [4.69, 9.17) is 4.74 Å². The number of sulfonamides is 1. The van der Waals surface area contributed by atoms with E-state index < -0.39 is 22.0 Å². The summed E-state index contributed by atoms with van der Waals surface area (Å²) in [7, 11) is -3.81. The van der Waals surface area contributed by atoms with Crippen molar-refractivity contribution in [2.75, 3.05) is 17.2 Å². The number of hydrogen-bond donors (Lipinski definition) is 3. The summed E-state index contributed by atoms with van der Waals surface area (Å²) in [6, 6.07) is 20.6. The Morgan fingerprint density at radius 2 is 1.42 bits per heavy atom. The largest absolute Gasteiger partial charge is 0.462 e. The Bertz CT molecular complexity index is 1200. The normalized spacial score (nSPS) is 11.9. The van der Waals surface area contributed by atoms with E-state index in [-0.39, 0.29) is 23.1 Å². The second kappa shape index (κ2) is 10.8. The van der Waals surface area contributed by atoms with Gasteiger partial charge in [-0.1, -0.05) is 30.3 Å². The quantitative estimate of drug-likeness (QED) is 0.421. The van der Waals surface area contributed by atoms with Gasteiger partial charge in [0.2, 0.25) is 10.0 Å². The van der Waals surface area contributed by atoms with Gasteiger partial charge in [0.15, 0.2) is 0 Å². The number of amides is 2. The summed E-state index contributed by atoms with van der Waals surface area (Å²) in [4.78, 5) is 23.9. The minimum absolute atomic E-state index is 0.0401. The van der Waals surface area contributed by atoms with Gasteiger partial charge >= 0.3 is 12.0 Å². The van der Waals surface area contributed by atoms with Crippen LogP contribution in [0.1, 0.15) is 35.8 Å². The molecule has 172 valence electrons. The van der Waals surface area contributed by atoms with E-state index in [2.05, 4.69) is 15.4 Å². The fourth-order valence-corrected chi connectivity index (χ4v) is 4.26. The van der Waals surface area contributed by atoms with Crippen molar-refractivity contribution in [3.05, 3.63) is 90.0 Å². The summed E-state index contributed by atoms with van der Waals surface area (Å²) in [5.74, 6) is -0.506. The third kappa shape index (κ3) is 6.64. The standard InChI is InChI=1S/C24H25N3O5S/c1-3-32-23(28)19-11-15-22(16-12-19)33(30,31)27-17(2)18-9-13-21(14-10-18)26-24(29)25-20-7-5-4-6-8-20/h4-17,27H,3H2,1-2H3,(H2,25,26,29)/t17-/m0/s1. The third-order valence-electron chi connectivity index (χ3n) is 4.71. The molecule has 1 atom stereocenters. The van der Waals surface area contributed by atoms with Crippen molar-refractivity contribution in [2.24, 2.45) is 0 Å². The summed E-state index contributed by atoms with van der Waals surface area (Å²) in [6.45, 7) is 3.66. The van der Waals surface area contributed by atoms with Crippen LogP contribution in [0.5, 0.6) is 0 Å². The molecule has 3 N–H and O–H groups in total. The molecule has 0 aliphatic rings. The van der Waals surface area contributed by atoms with E-state index in [1.165, 1.54) is 24.3 Å². The highest BCUT2D eigenvalue weighted by atomic mass is 32.2. The zero-order valence-electron chi connectivity index (χ0n) is 18.2. The predicted octanol–water partition coefficient (Wildman–Crippen LogP) is 4.55. The molecule has 2 amide bonds. The highest BCUT2D eigenvalue weighted by molar-refractivity contribution is 7.89. The number of carbonyl (C=O) groups is 2. The van der Waals surface area contributed by atoms with Crippen LogP contribution < -0.4 is 15.4 Å².